The van der Waals surface area contributed by atoms with Crippen LogP contribution in [-0.2, 0) is 10.2 Å². The SMILES string of the molecule is CC(=O)C(C)c1ccc(O)c(C(C)(C)C)c1. The molecular weight excluding hydrogens is 200 g/mol. The Morgan fingerprint density at radius 3 is 2.31 bits per heavy atom. The molecule has 0 saturated carbocycles. The zero-order valence-corrected chi connectivity index (χ0v) is 10.7. The predicted molar refractivity (Wildman–Crippen MR) is 65.9 cm³/mol. The van der Waals surface area contributed by atoms with Crippen LogP contribution < -0.4 is 0 Å². The molecule has 0 spiro atoms. The molecule has 0 amide bonds. The third-order valence-electron chi connectivity index (χ3n) is 2.94. The zero-order valence-electron chi connectivity index (χ0n) is 10.7. The van der Waals surface area contributed by atoms with E-state index in [0.29, 0.717) is 5.75 Å². The Balaban J connectivity index is 3.23. The van der Waals surface area contributed by atoms with Gasteiger partial charge in [-0.15, -0.1) is 0 Å². The van der Waals surface area contributed by atoms with Gasteiger partial charge < -0.3 is 5.11 Å². The van der Waals surface area contributed by atoms with E-state index in [1.807, 2.05) is 39.8 Å². The summed E-state index contributed by atoms with van der Waals surface area (Å²) in [6, 6.07) is 5.42. The highest BCUT2D eigenvalue weighted by Gasteiger charge is 2.20. The van der Waals surface area contributed by atoms with Crippen molar-refractivity contribution in [1.82, 2.24) is 0 Å². The molecule has 0 saturated heterocycles. The normalized spacial score (nSPS) is 13.6. The Kier molecular flexibility index (Phi) is 3.41. The van der Waals surface area contributed by atoms with Gasteiger partial charge in [-0.2, -0.15) is 0 Å². The van der Waals surface area contributed by atoms with Crippen molar-refractivity contribution in [2.24, 2.45) is 0 Å². The standard InChI is InChI=1S/C14H20O2/c1-9(10(2)15)11-6-7-13(16)12(8-11)14(3,4)5/h6-9,16H,1-5H3. The highest BCUT2D eigenvalue weighted by atomic mass is 16.3. The fourth-order valence-electron chi connectivity index (χ4n) is 1.66. The van der Waals surface area contributed by atoms with E-state index in [9.17, 15) is 9.90 Å². The molecule has 1 unspecified atom stereocenters. The van der Waals surface area contributed by atoms with Crippen LogP contribution in [0.3, 0.4) is 0 Å². The van der Waals surface area contributed by atoms with Crippen molar-refractivity contribution in [3.63, 3.8) is 0 Å². The van der Waals surface area contributed by atoms with Crippen molar-refractivity contribution >= 4 is 5.78 Å². The van der Waals surface area contributed by atoms with Crippen molar-refractivity contribution in [1.29, 1.82) is 0 Å². The van der Waals surface area contributed by atoms with Crippen LogP contribution in [0.15, 0.2) is 18.2 Å². The topological polar surface area (TPSA) is 37.3 Å². The molecular formula is C14H20O2. The number of hydrogen-bond donors (Lipinski definition) is 1. The van der Waals surface area contributed by atoms with Gasteiger partial charge in [0, 0.05) is 5.92 Å². The summed E-state index contributed by atoms with van der Waals surface area (Å²) in [6.45, 7) is 9.62. The number of phenolic OH excluding ortho intramolecular Hbond substituents is 1. The van der Waals surface area contributed by atoms with E-state index in [-0.39, 0.29) is 17.1 Å². The van der Waals surface area contributed by atoms with Gasteiger partial charge in [-0.25, -0.2) is 0 Å². The minimum absolute atomic E-state index is 0.110. The summed E-state index contributed by atoms with van der Waals surface area (Å²) in [5.74, 6) is 0.333. The molecule has 1 rings (SSSR count). The van der Waals surface area contributed by atoms with Crippen LogP contribution >= 0.6 is 0 Å². The molecule has 0 aliphatic rings. The van der Waals surface area contributed by atoms with E-state index >= 15 is 0 Å². The van der Waals surface area contributed by atoms with Crippen LogP contribution in [0.2, 0.25) is 0 Å². The number of aromatic hydroxyl groups is 1. The van der Waals surface area contributed by atoms with Gasteiger partial charge in [0.25, 0.3) is 0 Å². The average molecular weight is 220 g/mol. The number of ketones is 1. The third kappa shape index (κ3) is 2.63. The minimum Gasteiger partial charge on any atom is -0.508 e. The van der Waals surface area contributed by atoms with Gasteiger partial charge in [0.2, 0.25) is 0 Å². The highest BCUT2D eigenvalue weighted by molar-refractivity contribution is 5.83. The van der Waals surface area contributed by atoms with Gasteiger partial charge in [-0.3, -0.25) is 4.79 Å². The first kappa shape index (κ1) is 12.8. The maximum Gasteiger partial charge on any atom is 0.136 e. The number of phenols is 1. The molecule has 0 heterocycles. The summed E-state index contributed by atoms with van der Waals surface area (Å²) in [5, 5.41) is 9.81. The minimum atomic E-state index is -0.114. The van der Waals surface area contributed by atoms with Crippen LogP contribution in [0.4, 0.5) is 0 Å². The molecule has 1 aromatic carbocycles. The van der Waals surface area contributed by atoms with Crippen LogP contribution in [0.1, 0.15) is 51.7 Å². The van der Waals surface area contributed by atoms with Crippen LogP contribution in [0.5, 0.6) is 5.75 Å². The van der Waals surface area contributed by atoms with Crippen LogP contribution in [0.25, 0.3) is 0 Å². The molecule has 0 aromatic heterocycles. The molecule has 88 valence electrons. The van der Waals surface area contributed by atoms with Crippen molar-refractivity contribution in [3.8, 4) is 5.75 Å². The Morgan fingerprint density at radius 2 is 1.88 bits per heavy atom. The van der Waals surface area contributed by atoms with Gasteiger partial charge in [-0.05, 0) is 29.5 Å². The number of rotatable bonds is 2. The fourth-order valence-corrected chi connectivity index (χ4v) is 1.66. The maximum absolute atomic E-state index is 11.3. The summed E-state index contributed by atoms with van der Waals surface area (Å²) in [5.41, 5.74) is 1.74. The molecule has 16 heavy (non-hydrogen) atoms. The largest absolute Gasteiger partial charge is 0.508 e. The van der Waals surface area contributed by atoms with Gasteiger partial charge in [-0.1, -0.05) is 39.8 Å². The maximum atomic E-state index is 11.3. The van der Waals surface area contributed by atoms with E-state index in [1.165, 1.54) is 0 Å². The Morgan fingerprint density at radius 1 is 1.31 bits per heavy atom. The van der Waals surface area contributed by atoms with Crippen LogP contribution in [-0.4, -0.2) is 10.9 Å². The summed E-state index contributed by atoms with van der Waals surface area (Å²) < 4.78 is 0. The second-order valence-electron chi connectivity index (χ2n) is 5.36. The number of Topliss-reactive ketones (excluding diaryl/α,β-unsaturated/α-hetero) is 1. The van der Waals surface area contributed by atoms with Gasteiger partial charge in [0.15, 0.2) is 0 Å². The lowest BCUT2D eigenvalue weighted by atomic mass is 9.83. The van der Waals surface area contributed by atoms with E-state index < -0.39 is 0 Å². The van der Waals surface area contributed by atoms with E-state index in [0.717, 1.165) is 11.1 Å². The molecule has 1 N–H and O–H groups in total. The fraction of sp³-hybridized carbons (Fsp3) is 0.500. The van der Waals surface area contributed by atoms with Crippen LogP contribution in [0, 0.1) is 0 Å². The number of carbonyl (C=O) groups is 1. The zero-order chi connectivity index (χ0) is 12.5. The second kappa shape index (κ2) is 4.28. The quantitative estimate of drug-likeness (QED) is 0.829. The Hall–Kier alpha value is -1.31. The number of carbonyl (C=O) groups excluding carboxylic acids is 1. The Labute approximate surface area is 97.3 Å². The smallest absolute Gasteiger partial charge is 0.136 e. The third-order valence-corrected chi connectivity index (χ3v) is 2.94. The lowest BCUT2D eigenvalue weighted by Crippen LogP contribution is -2.13. The second-order valence-corrected chi connectivity index (χ2v) is 5.36. The van der Waals surface area contributed by atoms with Crippen molar-refractivity contribution < 1.29 is 9.90 Å². The molecule has 2 heteroatoms. The molecule has 0 aliphatic carbocycles. The highest BCUT2D eigenvalue weighted by Crippen LogP contribution is 2.33. The molecule has 0 bridgehead atoms. The van der Waals surface area contributed by atoms with E-state index in [1.54, 1.807) is 13.0 Å². The van der Waals surface area contributed by atoms with E-state index in [2.05, 4.69) is 0 Å². The summed E-state index contributed by atoms with van der Waals surface area (Å²) in [6.07, 6.45) is 0. The molecule has 0 radical (unpaired) electrons. The lowest BCUT2D eigenvalue weighted by molar-refractivity contribution is -0.118. The number of hydrogen-bond acceptors (Lipinski definition) is 2. The first-order valence-electron chi connectivity index (χ1n) is 5.57. The van der Waals surface area contributed by atoms with Crippen molar-refractivity contribution in [2.75, 3.05) is 0 Å². The average Bonchev–Trinajstić information content (AvgIpc) is 2.15. The molecule has 1 aromatic rings. The number of benzene rings is 1. The van der Waals surface area contributed by atoms with Crippen molar-refractivity contribution in [2.45, 2.75) is 46.0 Å². The Bertz CT molecular complexity index is 400. The van der Waals surface area contributed by atoms with E-state index in [4.69, 9.17) is 0 Å². The summed E-state index contributed by atoms with van der Waals surface area (Å²) >= 11 is 0. The molecule has 0 fully saturated rings. The predicted octanol–water partition coefficient (Wildman–Crippen LogP) is 3.38. The monoisotopic (exact) mass is 220 g/mol. The van der Waals surface area contributed by atoms with Crippen molar-refractivity contribution in [3.05, 3.63) is 29.3 Å². The first-order valence-corrected chi connectivity index (χ1v) is 5.57. The first-order chi connectivity index (χ1) is 7.23. The lowest BCUT2D eigenvalue weighted by Gasteiger charge is -2.22. The van der Waals surface area contributed by atoms with Gasteiger partial charge in [0.1, 0.15) is 11.5 Å². The van der Waals surface area contributed by atoms with Gasteiger partial charge >= 0.3 is 0 Å². The molecule has 0 aliphatic heterocycles. The summed E-state index contributed by atoms with van der Waals surface area (Å²) in [4.78, 5) is 11.3. The summed E-state index contributed by atoms with van der Waals surface area (Å²) in [7, 11) is 0. The molecule has 2 nitrogen and oxygen atoms in total. The molecule has 1 atom stereocenters. The van der Waals surface area contributed by atoms with Gasteiger partial charge in [0.05, 0.1) is 0 Å².